The molecule has 1 aliphatic rings. The molecule has 0 saturated carbocycles. The first-order chi connectivity index (χ1) is 9.97. The number of esters is 1. The number of nitrogens with zero attached hydrogens (tertiary/aromatic N) is 1. The number of methoxy groups -OCH3 is 1. The third kappa shape index (κ3) is 2.62. The Morgan fingerprint density at radius 2 is 1.71 bits per heavy atom. The monoisotopic (exact) mass is 291 g/mol. The quantitative estimate of drug-likeness (QED) is 0.632. The van der Waals surface area contributed by atoms with Crippen LogP contribution in [0.5, 0.6) is 0 Å². The lowest BCUT2D eigenvalue weighted by molar-refractivity contribution is -0.143. The maximum Gasteiger partial charge on any atom is 0.326 e. The molecule has 1 N–H and O–H groups in total. The number of hydrogen-bond donors (Lipinski definition) is 1. The Labute approximate surface area is 120 Å². The van der Waals surface area contributed by atoms with Crippen molar-refractivity contribution >= 4 is 23.8 Å². The summed E-state index contributed by atoms with van der Waals surface area (Å²) in [5, 5.41) is 9.24. The predicted octanol–water partition coefficient (Wildman–Crippen LogP) is 0.689. The normalized spacial score (nSPS) is 14.8. The molecule has 0 radical (unpaired) electrons. The molecule has 2 rings (SSSR count). The van der Waals surface area contributed by atoms with Crippen LogP contribution in [0.4, 0.5) is 0 Å². The van der Waals surface area contributed by atoms with Gasteiger partial charge in [0.05, 0.1) is 18.2 Å². The van der Waals surface area contributed by atoms with E-state index in [1.54, 1.807) is 12.1 Å². The lowest BCUT2D eigenvalue weighted by Crippen LogP contribution is -2.45. The summed E-state index contributed by atoms with van der Waals surface area (Å²) in [7, 11) is 1.18. The molecule has 1 aromatic rings. The van der Waals surface area contributed by atoms with Crippen molar-refractivity contribution in [1.29, 1.82) is 0 Å². The number of fused-ring (bicyclic) bond motifs is 1. The minimum absolute atomic E-state index is 0.173. The predicted molar refractivity (Wildman–Crippen MR) is 69.6 cm³/mol. The highest BCUT2D eigenvalue weighted by Crippen LogP contribution is 2.26. The van der Waals surface area contributed by atoms with Gasteiger partial charge in [-0.05, 0) is 18.6 Å². The minimum atomic E-state index is -1.39. The maximum atomic E-state index is 12.2. The molecule has 1 aromatic carbocycles. The van der Waals surface area contributed by atoms with Crippen LogP contribution < -0.4 is 0 Å². The molecular weight excluding hydrogens is 278 g/mol. The number of rotatable bonds is 5. The van der Waals surface area contributed by atoms with Crippen LogP contribution in [0.3, 0.4) is 0 Å². The van der Waals surface area contributed by atoms with Gasteiger partial charge in [0, 0.05) is 6.42 Å². The fourth-order valence-corrected chi connectivity index (χ4v) is 2.21. The Kier molecular flexibility index (Phi) is 4.02. The fraction of sp³-hybridized carbons (Fsp3) is 0.286. The first-order valence-corrected chi connectivity index (χ1v) is 6.24. The maximum absolute atomic E-state index is 12.2. The standard InChI is InChI=1S/C14H13NO6/c1-21-11(16)7-6-10(14(19)20)15-12(17)8-4-2-3-5-9(8)13(15)18/h2-5,10H,6-7H2,1H3,(H,19,20)/t10-/m1/s1. The first-order valence-electron chi connectivity index (χ1n) is 6.24. The lowest BCUT2D eigenvalue weighted by Gasteiger charge is -2.21. The Morgan fingerprint density at radius 1 is 1.19 bits per heavy atom. The molecule has 1 aliphatic heterocycles. The zero-order valence-electron chi connectivity index (χ0n) is 11.2. The third-order valence-electron chi connectivity index (χ3n) is 3.27. The average molecular weight is 291 g/mol. The van der Waals surface area contributed by atoms with Gasteiger partial charge in [0.2, 0.25) is 0 Å². The van der Waals surface area contributed by atoms with Gasteiger partial charge in [-0.15, -0.1) is 0 Å². The molecule has 7 nitrogen and oxygen atoms in total. The molecular formula is C14H13NO6. The summed E-state index contributed by atoms with van der Waals surface area (Å²) in [6.07, 6.45) is -0.381. The van der Waals surface area contributed by atoms with Gasteiger partial charge in [0.25, 0.3) is 11.8 Å². The Morgan fingerprint density at radius 3 is 2.14 bits per heavy atom. The summed E-state index contributed by atoms with van der Waals surface area (Å²) < 4.78 is 4.44. The van der Waals surface area contributed by atoms with Crippen molar-refractivity contribution in [2.75, 3.05) is 7.11 Å². The zero-order chi connectivity index (χ0) is 15.6. The second-order valence-electron chi connectivity index (χ2n) is 4.49. The highest BCUT2D eigenvalue weighted by molar-refractivity contribution is 6.22. The van der Waals surface area contributed by atoms with Crippen LogP contribution in [0.15, 0.2) is 24.3 Å². The van der Waals surface area contributed by atoms with Crippen LogP contribution in [0.2, 0.25) is 0 Å². The Bertz CT molecular complexity index is 589. The number of carboxylic acids is 1. The van der Waals surface area contributed by atoms with Crippen LogP contribution in [0.1, 0.15) is 33.6 Å². The molecule has 7 heteroatoms. The third-order valence-corrected chi connectivity index (χ3v) is 3.27. The van der Waals surface area contributed by atoms with Gasteiger partial charge in [-0.2, -0.15) is 0 Å². The number of aliphatic carboxylic acids is 1. The molecule has 0 bridgehead atoms. The molecule has 110 valence electrons. The SMILES string of the molecule is COC(=O)CC[C@H](C(=O)O)N1C(=O)c2ccccc2C1=O. The van der Waals surface area contributed by atoms with Crippen LogP contribution in [0, 0.1) is 0 Å². The van der Waals surface area contributed by atoms with Crippen LogP contribution in [0.25, 0.3) is 0 Å². The summed E-state index contributed by atoms with van der Waals surface area (Å²) in [5.41, 5.74) is 0.346. The zero-order valence-corrected chi connectivity index (χ0v) is 11.2. The van der Waals surface area contributed by atoms with Gasteiger partial charge in [0.1, 0.15) is 6.04 Å². The molecule has 0 aliphatic carbocycles. The topological polar surface area (TPSA) is 101 Å². The Balaban J connectivity index is 2.27. The van der Waals surface area contributed by atoms with E-state index in [0.717, 1.165) is 0 Å². The summed E-state index contributed by atoms with van der Waals surface area (Å²) >= 11 is 0. The van der Waals surface area contributed by atoms with Crippen molar-refractivity contribution < 1.29 is 29.0 Å². The van der Waals surface area contributed by atoms with E-state index in [9.17, 15) is 24.3 Å². The van der Waals surface area contributed by atoms with Gasteiger partial charge < -0.3 is 9.84 Å². The van der Waals surface area contributed by atoms with Crippen molar-refractivity contribution in [3.63, 3.8) is 0 Å². The molecule has 0 aromatic heterocycles. The highest BCUT2D eigenvalue weighted by Gasteiger charge is 2.42. The van der Waals surface area contributed by atoms with E-state index >= 15 is 0 Å². The molecule has 0 saturated heterocycles. The molecule has 0 unspecified atom stereocenters. The van der Waals surface area contributed by atoms with Gasteiger partial charge >= 0.3 is 11.9 Å². The molecule has 0 fully saturated rings. The number of ether oxygens (including phenoxy) is 1. The summed E-state index contributed by atoms with van der Waals surface area (Å²) in [4.78, 5) is 47.5. The highest BCUT2D eigenvalue weighted by atomic mass is 16.5. The van der Waals surface area contributed by atoms with Crippen molar-refractivity contribution in [2.45, 2.75) is 18.9 Å². The molecule has 1 heterocycles. The number of hydrogen-bond acceptors (Lipinski definition) is 5. The average Bonchev–Trinajstić information content (AvgIpc) is 2.72. The number of benzene rings is 1. The Hall–Kier alpha value is -2.70. The van der Waals surface area contributed by atoms with E-state index in [-0.39, 0.29) is 24.0 Å². The van der Waals surface area contributed by atoms with Crippen molar-refractivity contribution in [1.82, 2.24) is 4.90 Å². The summed E-state index contributed by atoms with van der Waals surface area (Å²) in [6.45, 7) is 0. The van der Waals surface area contributed by atoms with E-state index in [0.29, 0.717) is 4.90 Å². The van der Waals surface area contributed by atoms with E-state index in [1.165, 1.54) is 19.2 Å². The number of carboxylic acid groups (broad SMARTS) is 1. The molecule has 21 heavy (non-hydrogen) atoms. The second-order valence-corrected chi connectivity index (χ2v) is 4.49. The van der Waals surface area contributed by atoms with Crippen molar-refractivity contribution in [3.8, 4) is 0 Å². The molecule has 1 atom stereocenters. The largest absolute Gasteiger partial charge is 0.480 e. The van der Waals surface area contributed by atoms with E-state index in [4.69, 9.17) is 0 Å². The lowest BCUT2D eigenvalue weighted by atomic mass is 10.1. The molecule has 0 spiro atoms. The van der Waals surface area contributed by atoms with Crippen LogP contribution in [-0.4, -0.2) is 46.9 Å². The number of carbonyl (C=O) groups is 4. The van der Waals surface area contributed by atoms with Crippen LogP contribution in [-0.2, 0) is 14.3 Å². The van der Waals surface area contributed by atoms with Gasteiger partial charge in [0.15, 0.2) is 0 Å². The van der Waals surface area contributed by atoms with Gasteiger partial charge in [-0.3, -0.25) is 19.3 Å². The van der Waals surface area contributed by atoms with E-state index < -0.39 is 29.8 Å². The van der Waals surface area contributed by atoms with Crippen molar-refractivity contribution in [2.24, 2.45) is 0 Å². The number of amides is 2. The van der Waals surface area contributed by atoms with Gasteiger partial charge in [-0.25, -0.2) is 4.79 Å². The van der Waals surface area contributed by atoms with Crippen molar-refractivity contribution in [3.05, 3.63) is 35.4 Å². The van der Waals surface area contributed by atoms with E-state index in [1.807, 2.05) is 0 Å². The second kappa shape index (κ2) is 5.74. The summed E-state index contributed by atoms with van der Waals surface area (Å²) in [6, 6.07) is 4.73. The minimum Gasteiger partial charge on any atom is -0.480 e. The smallest absolute Gasteiger partial charge is 0.326 e. The van der Waals surface area contributed by atoms with Gasteiger partial charge in [-0.1, -0.05) is 12.1 Å². The number of imide groups is 1. The summed E-state index contributed by atoms with van der Waals surface area (Å²) in [5.74, 6) is -3.26. The fourth-order valence-electron chi connectivity index (χ4n) is 2.21. The molecule has 2 amide bonds. The van der Waals surface area contributed by atoms with E-state index in [2.05, 4.69) is 4.74 Å². The number of carbonyl (C=O) groups excluding carboxylic acids is 3. The van der Waals surface area contributed by atoms with Crippen LogP contribution >= 0.6 is 0 Å². The first kappa shape index (κ1) is 14.7.